The summed E-state index contributed by atoms with van der Waals surface area (Å²) in [6, 6.07) is 18.1. The van der Waals surface area contributed by atoms with Crippen molar-refractivity contribution in [1.82, 2.24) is 4.98 Å². The van der Waals surface area contributed by atoms with Crippen molar-refractivity contribution < 1.29 is 5.11 Å². The molecule has 2 heteroatoms. The fourth-order valence-corrected chi connectivity index (χ4v) is 2.27. The minimum Gasteiger partial charge on any atom is -0.494 e. The lowest BCUT2D eigenvalue weighted by Gasteiger charge is -1.96. The molecule has 2 aromatic carbocycles. The van der Waals surface area contributed by atoms with E-state index in [1.54, 1.807) is 0 Å². The van der Waals surface area contributed by atoms with E-state index in [1.807, 2.05) is 42.5 Å². The average molecular weight is 249 g/mol. The molecule has 0 amide bonds. The second kappa shape index (κ2) is 5.02. The van der Waals surface area contributed by atoms with Crippen molar-refractivity contribution >= 4 is 17.0 Å². The second-order valence-electron chi connectivity index (χ2n) is 4.51. The molecule has 0 spiro atoms. The molecule has 2 nitrogen and oxygen atoms in total. The first-order valence-corrected chi connectivity index (χ1v) is 6.35. The lowest BCUT2D eigenvalue weighted by atomic mass is 10.1. The molecule has 0 atom stereocenters. The quantitative estimate of drug-likeness (QED) is 0.719. The summed E-state index contributed by atoms with van der Waals surface area (Å²) in [5.74, 6) is 0.263. The lowest BCUT2D eigenvalue weighted by Crippen LogP contribution is -1.79. The van der Waals surface area contributed by atoms with E-state index in [4.69, 9.17) is 0 Å². The molecule has 94 valence electrons. The fraction of sp³-hybridized carbons (Fsp3) is 0.0588. The monoisotopic (exact) mass is 249 g/mol. The number of hydrogen-bond acceptors (Lipinski definition) is 1. The van der Waals surface area contributed by atoms with Gasteiger partial charge in [0.2, 0.25) is 0 Å². The molecule has 1 aromatic heterocycles. The number of aromatic amines is 1. The van der Waals surface area contributed by atoms with E-state index >= 15 is 0 Å². The third kappa shape index (κ3) is 2.38. The summed E-state index contributed by atoms with van der Waals surface area (Å²) in [5.41, 5.74) is 3.09. The molecule has 0 aliphatic carbocycles. The number of hydrogen-bond donors (Lipinski definition) is 2. The zero-order chi connectivity index (χ0) is 13.1. The molecule has 1 heterocycles. The zero-order valence-electron chi connectivity index (χ0n) is 10.5. The van der Waals surface area contributed by atoms with Crippen LogP contribution < -0.4 is 0 Å². The maximum atomic E-state index is 9.94. The summed E-state index contributed by atoms with van der Waals surface area (Å²) < 4.78 is 0. The van der Waals surface area contributed by atoms with Crippen LogP contribution in [-0.4, -0.2) is 10.1 Å². The molecule has 19 heavy (non-hydrogen) atoms. The van der Waals surface area contributed by atoms with Gasteiger partial charge in [0.15, 0.2) is 5.88 Å². The number of aromatic nitrogens is 1. The lowest BCUT2D eigenvalue weighted by molar-refractivity contribution is 0.453. The van der Waals surface area contributed by atoms with Crippen LogP contribution in [-0.2, 0) is 6.42 Å². The van der Waals surface area contributed by atoms with Gasteiger partial charge in [0.05, 0.1) is 0 Å². The first-order chi connectivity index (χ1) is 9.34. The molecule has 0 unspecified atom stereocenters. The topological polar surface area (TPSA) is 36.0 Å². The number of benzene rings is 2. The predicted octanol–water partition coefficient (Wildman–Crippen LogP) is 4.13. The standard InChI is InChI=1S/C17H15NO/c19-17-15(14-10-4-5-12-16(14)18-17)11-6-9-13-7-2-1-3-8-13/h1-10,12,18-19H,11H2/b9-6+. The van der Waals surface area contributed by atoms with Gasteiger partial charge in [-0.15, -0.1) is 0 Å². The van der Waals surface area contributed by atoms with Gasteiger partial charge in [-0.1, -0.05) is 60.7 Å². The van der Waals surface area contributed by atoms with Crippen LogP contribution in [0.25, 0.3) is 17.0 Å². The van der Waals surface area contributed by atoms with Crippen LogP contribution in [0.1, 0.15) is 11.1 Å². The van der Waals surface area contributed by atoms with Gasteiger partial charge in [-0.05, 0) is 18.1 Å². The molecule has 2 N–H and O–H groups in total. The molecule has 0 saturated carbocycles. The van der Waals surface area contributed by atoms with Crippen molar-refractivity contribution in [2.45, 2.75) is 6.42 Å². The zero-order valence-corrected chi connectivity index (χ0v) is 10.5. The highest BCUT2D eigenvalue weighted by molar-refractivity contribution is 5.86. The first kappa shape index (κ1) is 11.6. The average Bonchev–Trinajstić information content (AvgIpc) is 2.76. The van der Waals surface area contributed by atoms with Crippen molar-refractivity contribution in [2.24, 2.45) is 0 Å². The van der Waals surface area contributed by atoms with E-state index in [0.29, 0.717) is 6.42 Å². The molecule has 3 aromatic rings. The Morgan fingerprint density at radius 2 is 1.68 bits per heavy atom. The maximum absolute atomic E-state index is 9.94. The third-order valence-electron chi connectivity index (χ3n) is 3.22. The highest BCUT2D eigenvalue weighted by Gasteiger charge is 2.07. The highest BCUT2D eigenvalue weighted by Crippen LogP contribution is 2.27. The van der Waals surface area contributed by atoms with Crippen molar-refractivity contribution in [2.75, 3.05) is 0 Å². The van der Waals surface area contributed by atoms with Crippen LogP contribution in [0.3, 0.4) is 0 Å². The number of para-hydroxylation sites is 1. The Kier molecular flexibility index (Phi) is 3.07. The van der Waals surface area contributed by atoms with E-state index in [0.717, 1.165) is 16.5 Å². The molecule has 0 saturated heterocycles. The highest BCUT2D eigenvalue weighted by atomic mass is 16.3. The van der Waals surface area contributed by atoms with Gasteiger partial charge < -0.3 is 10.1 Å². The summed E-state index contributed by atoms with van der Waals surface area (Å²) in [6.07, 6.45) is 4.86. The summed E-state index contributed by atoms with van der Waals surface area (Å²) in [6.45, 7) is 0. The number of rotatable bonds is 3. The fourth-order valence-electron chi connectivity index (χ4n) is 2.27. The van der Waals surface area contributed by atoms with E-state index in [-0.39, 0.29) is 5.88 Å². The Morgan fingerprint density at radius 1 is 0.947 bits per heavy atom. The Labute approximate surface area is 112 Å². The maximum Gasteiger partial charge on any atom is 0.192 e. The van der Waals surface area contributed by atoms with E-state index in [9.17, 15) is 5.11 Å². The summed E-state index contributed by atoms with van der Waals surface area (Å²) in [4.78, 5) is 3.00. The van der Waals surface area contributed by atoms with Gasteiger partial charge in [0.1, 0.15) is 0 Å². The van der Waals surface area contributed by atoms with Gasteiger partial charge in [0, 0.05) is 16.5 Å². The minimum atomic E-state index is 0.263. The normalized spacial score (nSPS) is 11.4. The van der Waals surface area contributed by atoms with Gasteiger partial charge in [-0.3, -0.25) is 0 Å². The third-order valence-corrected chi connectivity index (χ3v) is 3.22. The number of H-pyrrole nitrogens is 1. The van der Waals surface area contributed by atoms with Gasteiger partial charge in [0.25, 0.3) is 0 Å². The molecule has 0 radical (unpaired) electrons. The molecular weight excluding hydrogens is 234 g/mol. The van der Waals surface area contributed by atoms with Crippen LogP contribution in [0.15, 0.2) is 60.7 Å². The van der Waals surface area contributed by atoms with E-state index < -0.39 is 0 Å². The Balaban J connectivity index is 1.86. The second-order valence-corrected chi connectivity index (χ2v) is 4.51. The van der Waals surface area contributed by atoms with Crippen LogP contribution in [0.4, 0.5) is 0 Å². The SMILES string of the molecule is Oc1[nH]c2ccccc2c1C/C=C/c1ccccc1. The number of nitrogens with one attached hydrogen (secondary N) is 1. The van der Waals surface area contributed by atoms with Crippen LogP contribution in [0.2, 0.25) is 0 Å². The van der Waals surface area contributed by atoms with Gasteiger partial charge in [-0.2, -0.15) is 0 Å². The molecule has 0 aliphatic heterocycles. The van der Waals surface area contributed by atoms with E-state index in [1.165, 1.54) is 5.56 Å². The predicted molar refractivity (Wildman–Crippen MR) is 79.1 cm³/mol. The van der Waals surface area contributed by atoms with E-state index in [2.05, 4.69) is 29.3 Å². The van der Waals surface area contributed by atoms with Gasteiger partial charge >= 0.3 is 0 Å². The van der Waals surface area contributed by atoms with Crippen LogP contribution in [0, 0.1) is 0 Å². The molecule has 3 rings (SSSR count). The number of fused-ring (bicyclic) bond motifs is 1. The van der Waals surface area contributed by atoms with Crippen molar-refractivity contribution in [3.63, 3.8) is 0 Å². The number of aromatic hydroxyl groups is 1. The summed E-state index contributed by atoms with van der Waals surface area (Å²) in [5, 5.41) is 11.0. The largest absolute Gasteiger partial charge is 0.494 e. The Hall–Kier alpha value is -2.48. The summed E-state index contributed by atoms with van der Waals surface area (Å²) >= 11 is 0. The van der Waals surface area contributed by atoms with Gasteiger partial charge in [-0.25, -0.2) is 0 Å². The van der Waals surface area contributed by atoms with Crippen molar-refractivity contribution in [1.29, 1.82) is 0 Å². The van der Waals surface area contributed by atoms with Crippen LogP contribution in [0.5, 0.6) is 5.88 Å². The molecule has 0 aliphatic rings. The Morgan fingerprint density at radius 3 is 2.53 bits per heavy atom. The van der Waals surface area contributed by atoms with Crippen LogP contribution >= 0.6 is 0 Å². The minimum absolute atomic E-state index is 0.263. The summed E-state index contributed by atoms with van der Waals surface area (Å²) in [7, 11) is 0. The smallest absolute Gasteiger partial charge is 0.192 e. The molecule has 0 bridgehead atoms. The van der Waals surface area contributed by atoms with Crippen molar-refractivity contribution in [3.05, 3.63) is 71.8 Å². The Bertz CT molecular complexity index is 710. The van der Waals surface area contributed by atoms with Crippen molar-refractivity contribution in [3.8, 4) is 5.88 Å². The number of allylic oxidation sites excluding steroid dienone is 1. The molecule has 0 fully saturated rings. The first-order valence-electron chi connectivity index (χ1n) is 6.35. The molecular formula is C17H15NO.